The third-order valence-electron chi connectivity index (χ3n) is 11.2. The van der Waals surface area contributed by atoms with E-state index in [2.05, 4.69) is 27.4 Å². The molecule has 4 saturated carbocycles. The molecule has 36 heavy (non-hydrogen) atoms. The van der Waals surface area contributed by atoms with Gasteiger partial charge in [-0.2, -0.15) is 0 Å². The topological polar surface area (TPSA) is 52.6 Å². The van der Waals surface area contributed by atoms with Crippen LogP contribution in [0.2, 0.25) is 0 Å². The zero-order valence-electron chi connectivity index (χ0n) is 24.2. The number of hydrogen-bond acceptors (Lipinski definition) is 4. The lowest BCUT2D eigenvalue weighted by atomic mass is 9.44. The Morgan fingerprint density at radius 3 is 2.31 bits per heavy atom. The molecule has 0 N–H and O–H groups in total. The maximum absolute atomic E-state index is 12.4. The summed E-state index contributed by atoms with van der Waals surface area (Å²) in [6.45, 7) is 18.9. The van der Waals surface area contributed by atoms with Gasteiger partial charge in [0.15, 0.2) is 0 Å². The number of carbonyl (C=O) groups excluding carboxylic acids is 2. The molecular weight excluding hydrogens is 448 g/mol. The Morgan fingerprint density at radius 1 is 0.972 bits per heavy atom. The van der Waals surface area contributed by atoms with Crippen molar-refractivity contribution in [2.24, 2.45) is 46.3 Å². The molecule has 4 heteroatoms. The first-order chi connectivity index (χ1) is 16.7. The van der Waals surface area contributed by atoms with E-state index in [1.807, 2.05) is 20.8 Å². The maximum atomic E-state index is 12.4. The van der Waals surface area contributed by atoms with Crippen molar-refractivity contribution in [2.45, 2.75) is 131 Å². The summed E-state index contributed by atoms with van der Waals surface area (Å²) in [4.78, 5) is 24.5. The van der Waals surface area contributed by atoms with E-state index >= 15 is 0 Å². The number of hydrogen-bond donors (Lipinski definition) is 0. The number of fused-ring (bicyclic) bond motifs is 5. The summed E-state index contributed by atoms with van der Waals surface area (Å²) in [5.41, 5.74) is 0.904. The van der Waals surface area contributed by atoms with Crippen molar-refractivity contribution in [1.29, 1.82) is 0 Å². The second-order valence-electron chi connectivity index (χ2n) is 14.6. The van der Waals surface area contributed by atoms with E-state index in [9.17, 15) is 9.59 Å². The molecule has 204 valence electrons. The molecule has 0 radical (unpaired) electrons. The summed E-state index contributed by atoms with van der Waals surface area (Å²) in [6, 6.07) is 0. The molecule has 9 unspecified atom stereocenters. The molecule has 0 saturated heterocycles. The van der Waals surface area contributed by atoms with Gasteiger partial charge in [0, 0.05) is 12.0 Å². The zero-order valence-corrected chi connectivity index (χ0v) is 24.2. The first kappa shape index (κ1) is 27.7. The Hall–Kier alpha value is -1.32. The van der Waals surface area contributed by atoms with Crippen molar-refractivity contribution in [3.8, 4) is 0 Å². The minimum Gasteiger partial charge on any atom is -0.460 e. The van der Waals surface area contributed by atoms with Crippen LogP contribution in [0.3, 0.4) is 0 Å². The molecule has 0 amide bonds. The highest BCUT2D eigenvalue weighted by Crippen LogP contribution is 2.68. The lowest BCUT2D eigenvalue weighted by Crippen LogP contribution is -2.54. The molecule has 4 aliphatic rings. The molecular formula is C32H52O4. The standard InChI is InChI=1S/C32H52O4/c1-20(2)29(34)35-23-15-17-31(7)22(19-23)10-11-24-26-13-12-25(32(26,8)18-16-27(24)31)21(3)9-14-28(33)36-30(4,5)6/h21-27H,1,9-19H2,2-8H3. The van der Waals surface area contributed by atoms with Gasteiger partial charge in [-0.05, 0) is 138 Å². The highest BCUT2D eigenvalue weighted by molar-refractivity contribution is 5.87. The van der Waals surface area contributed by atoms with Gasteiger partial charge in [0.1, 0.15) is 11.7 Å². The molecule has 4 aliphatic carbocycles. The van der Waals surface area contributed by atoms with Crippen LogP contribution >= 0.6 is 0 Å². The van der Waals surface area contributed by atoms with E-state index in [0.717, 1.165) is 37.0 Å². The second kappa shape index (κ2) is 10.1. The van der Waals surface area contributed by atoms with Crippen molar-refractivity contribution in [1.82, 2.24) is 0 Å². The van der Waals surface area contributed by atoms with Crippen LogP contribution in [0.1, 0.15) is 119 Å². The van der Waals surface area contributed by atoms with Crippen LogP contribution in [0.15, 0.2) is 12.2 Å². The van der Waals surface area contributed by atoms with Crippen LogP contribution in [0, 0.1) is 46.3 Å². The van der Waals surface area contributed by atoms with Gasteiger partial charge in [0.2, 0.25) is 0 Å². The van der Waals surface area contributed by atoms with Crippen LogP contribution in [0.4, 0.5) is 0 Å². The summed E-state index contributed by atoms with van der Waals surface area (Å²) in [6.07, 6.45) is 12.7. The Morgan fingerprint density at radius 2 is 1.64 bits per heavy atom. The summed E-state index contributed by atoms with van der Waals surface area (Å²) in [5.74, 6) is 4.15. The monoisotopic (exact) mass is 500 g/mol. The minimum absolute atomic E-state index is 0.0476. The highest BCUT2D eigenvalue weighted by atomic mass is 16.6. The molecule has 4 nitrogen and oxygen atoms in total. The Labute approximate surface area is 220 Å². The van der Waals surface area contributed by atoms with Gasteiger partial charge >= 0.3 is 11.9 Å². The molecule has 0 spiro atoms. The normalized spacial score (nSPS) is 40.9. The van der Waals surface area contributed by atoms with Crippen molar-refractivity contribution >= 4 is 11.9 Å². The average molecular weight is 501 g/mol. The van der Waals surface area contributed by atoms with Crippen LogP contribution < -0.4 is 0 Å². The molecule has 0 aromatic heterocycles. The SMILES string of the molecule is C=C(C)C(=O)OC1CCC2(C)C(CCC3C2CCC2(C)C(C(C)CCC(=O)OC(C)(C)C)CCC32)C1. The molecule has 0 bridgehead atoms. The number of ether oxygens (including phenoxy) is 2. The highest BCUT2D eigenvalue weighted by Gasteiger charge is 2.60. The zero-order chi connectivity index (χ0) is 26.5. The van der Waals surface area contributed by atoms with Gasteiger partial charge < -0.3 is 9.47 Å². The predicted molar refractivity (Wildman–Crippen MR) is 144 cm³/mol. The van der Waals surface area contributed by atoms with E-state index in [4.69, 9.17) is 9.47 Å². The average Bonchev–Trinajstić information content (AvgIpc) is 3.13. The van der Waals surface area contributed by atoms with E-state index in [-0.39, 0.29) is 18.0 Å². The van der Waals surface area contributed by atoms with Crippen molar-refractivity contribution < 1.29 is 19.1 Å². The summed E-state index contributed by atoms with van der Waals surface area (Å²) in [7, 11) is 0. The fourth-order valence-corrected chi connectivity index (χ4v) is 9.49. The van der Waals surface area contributed by atoms with E-state index in [0.29, 0.717) is 40.6 Å². The van der Waals surface area contributed by atoms with E-state index in [1.54, 1.807) is 6.92 Å². The molecule has 4 fully saturated rings. The summed E-state index contributed by atoms with van der Waals surface area (Å²) < 4.78 is 11.4. The first-order valence-electron chi connectivity index (χ1n) is 14.8. The lowest BCUT2D eigenvalue weighted by Gasteiger charge is -2.61. The molecule has 0 heterocycles. The van der Waals surface area contributed by atoms with Crippen LogP contribution in [-0.2, 0) is 19.1 Å². The largest absolute Gasteiger partial charge is 0.460 e. The Kier molecular flexibility index (Phi) is 7.77. The summed E-state index contributed by atoms with van der Waals surface area (Å²) >= 11 is 0. The van der Waals surface area contributed by atoms with Crippen molar-refractivity contribution in [3.05, 3.63) is 12.2 Å². The van der Waals surface area contributed by atoms with Crippen LogP contribution in [0.5, 0.6) is 0 Å². The fourth-order valence-electron chi connectivity index (χ4n) is 9.49. The van der Waals surface area contributed by atoms with Gasteiger partial charge in [-0.3, -0.25) is 4.79 Å². The van der Waals surface area contributed by atoms with Crippen LogP contribution in [0.25, 0.3) is 0 Å². The molecule has 0 aliphatic heterocycles. The Bertz CT molecular complexity index is 855. The van der Waals surface area contributed by atoms with E-state index in [1.165, 1.54) is 44.9 Å². The number of carbonyl (C=O) groups is 2. The molecule has 4 rings (SSSR count). The van der Waals surface area contributed by atoms with Crippen molar-refractivity contribution in [2.75, 3.05) is 0 Å². The van der Waals surface area contributed by atoms with E-state index < -0.39 is 5.60 Å². The third kappa shape index (κ3) is 5.30. The predicted octanol–water partition coefficient (Wildman–Crippen LogP) is 7.89. The lowest BCUT2D eigenvalue weighted by molar-refractivity contribution is -0.159. The van der Waals surface area contributed by atoms with Crippen LogP contribution in [-0.4, -0.2) is 23.6 Å². The quantitative estimate of drug-likeness (QED) is 0.275. The Balaban J connectivity index is 1.39. The maximum Gasteiger partial charge on any atom is 0.333 e. The third-order valence-corrected chi connectivity index (χ3v) is 11.2. The summed E-state index contributed by atoms with van der Waals surface area (Å²) in [5, 5.41) is 0. The molecule has 9 atom stereocenters. The van der Waals surface area contributed by atoms with Gasteiger partial charge in [-0.1, -0.05) is 27.4 Å². The van der Waals surface area contributed by atoms with Gasteiger partial charge in [-0.25, -0.2) is 4.79 Å². The van der Waals surface area contributed by atoms with Crippen molar-refractivity contribution in [3.63, 3.8) is 0 Å². The van der Waals surface area contributed by atoms with Gasteiger partial charge in [0.05, 0.1) is 0 Å². The van der Waals surface area contributed by atoms with Gasteiger partial charge in [-0.15, -0.1) is 0 Å². The minimum atomic E-state index is -0.399. The molecule has 0 aromatic carbocycles. The number of rotatable bonds is 6. The fraction of sp³-hybridized carbons (Fsp3) is 0.875. The second-order valence-corrected chi connectivity index (χ2v) is 14.6. The molecule has 0 aromatic rings. The first-order valence-corrected chi connectivity index (χ1v) is 14.8. The smallest absolute Gasteiger partial charge is 0.333 e. The van der Waals surface area contributed by atoms with Gasteiger partial charge in [0.25, 0.3) is 0 Å². The number of esters is 2.